The van der Waals surface area contributed by atoms with Crippen molar-refractivity contribution in [3.05, 3.63) is 23.8 Å². The number of nitrogens with two attached hydrogens (primary N) is 1. The fraction of sp³-hybridized carbons (Fsp3) is 0.417. The molecule has 0 unspecified atom stereocenters. The second-order valence-electron chi connectivity index (χ2n) is 4.54. The Bertz CT molecular complexity index is 613. The summed E-state index contributed by atoms with van der Waals surface area (Å²) < 4.78 is 25.7. The van der Waals surface area contributed by atoms with Crippen molar-refractivity contribution < 1.29 is 13.2 Å². The van der Waals surface area contributed by atoms with Crippen LogP contribution in [0.2, 0.25) is 0 Å². The first-order valence-corrected chi connectivity index (χ1v) is 7.38. The van der Waals surface area contributed by atoms with Gasteiger partial charge in [-0.3, -0.25) is 4.79 Å². The minimum absolute atomic E-state index is 0.0279. The highest BCUT2D eigenvalue weighted by Gasteiger charge is 2.27. The fourth-order valence-electron chi connectivity index (χ4n) is 2.09. The molecule has 1 heterocycles. The number of carbonyl (C=O) groups is 1. The number of nitrogens with zero attached hydrogens (tertiary/aromatic N) is 2. The predicted octanol–water partition coefficient (Wildman–Crippen LogP) is -0.215. The molecule has 7 heteroatoms. The number of anilines is 1. The van der Waals surface area contributed by atoms with Crippen LogP contribution < -0.4 is 10.6 Å². The maximum atomic E-state index is 12.3. The molecule has 0 spiro atoms. The van der Waals surface area contributed by atoms with Gasteiger partial charge in [-0.15, -0.1) is 0 Å². The summed E-state index contributed by atoms with van der Waals surface area (Å²) in [6, 6.07) is 4.76. The smallest absolute Gasteiger partial charge is 0.242 e. The van der Waals surface area contributed by atoms with Crippen molar-refractivity contribution in [3.63, 3.8) is 0 Å². The van der Waals surface area contributed by atoms with Crippen molar-refractivity contribution in [1.82, 2.24) is 4.31 Å². The van der Waals surface area contributed by atoms with E-state index in [-0.39, 0.29) is 30.3 Å². The Morgan fingerprint density at radius 2 is 2.11 bits per heavy atom. The molecule has 0 bridgehead atoms. The van der Waals surface area contributed by atoms with Crippen LogP contribution in [-0.4, -0.2) is 45.8 Å². The SMILES string of the molecule is CN1C(=O)Cc2cc(S(=O)(=O)N(C)CCN)ccc21. The summed E-state index contributed by atoms with van der Waals surface area (Å²) in [4.78, 5) is 13.3. The highest BCUT2D eigenvalue weighted by molar-refractivity contribution is 7.89. The van der Waals surface area contributed by atoms with Crippen molar-refractivity contribution >= 4 is 21.6 Å². The van der Waals surface area contributed by atoms with E-state index in [4.69, 9.17) is 5.73 Å². The number of hydrogen-bond acceptors (Lipinski definition) is 4. The molecule has 19 heavy (non-hydrogen) atoms. The lowest BCUT2D eigenvalue weighted by Crippen LogP contribution is -2.31. The Labute approximate surface area is 112 Å². The van der Waals surface area contributed by atoms with Crippen LogP contribution in [0, 0.1) is 0 Å². The molecule has 1 aliphatic heterocycles. The van der Waals surface area contributed by atoms with Gasteiger partial charge in [-0.2, -0.15) is 4.31 Å². The Balaban J connectivity index is 2.39. The molecule has 1 aromatic carbocycles. The van der Waals surface area contributed by atoms with Crippen molar-refractivity contribution in [2.45, 2.75) is 11.3 Å². The van der Waals surface area contributed by atoms with E-state index in [2.05, 4.69) is 0 Å². The summed E-state index contributed by atoms with van der Waals surface area (Å²) in [5.41, 5.74) is 6.89. The summed E-state index contributed by atoms with van der Waals surface area (Å²) in [6.07, 6.45) is 0.246. The van der Waals surface area contributed by atoms with E-state index in [0.29, 0.717) is 0 Å². The summed E-state index contributed by atoms with van der Waals surface area (Å²) in [7, 11) is -0.358. The van der Waals surface area contributed by atoms with Gasteiger partial charge in [0.2, 0.25) is 15.9 Å². The molecule has 0 aromatic heterocycles. The van der Waals surface area contributed by atoms with Crippen molar-refractivity contribution in [3.8, 4) is 0 Å². The fourth-order valence-corrected chi connectivity index (χ4v) is 3.33. The largest absolute Gasteiger partial charge is 0.329 e. The number of rotatable bonds is 4. The molecule has 2 N–H and O–H groups in total. The van der Waals surface area contributed by atoms with E-state index in [0.717, 1.165) is 11.3 Å². The van der Waals surface area contributed by atoms with Crippen LogP contribution in [0.25, 0.3) is 0 Å². The molecular weight excluding hydrogens is 266 g/mol. The molecule has 0 saturated heterocycles. The van der Waals surface area contributed by atoms with Crippen LogP contribution in [0.3, 0.4) is 0 Å². The lowest BCUT2D eigenvalue weighted by molar-refractivity contribution is -0.117. The van der Waals surface area contributed by atoms with Gasteiger partial charge in [0.05, 0.1) is 11.3 Å². The standard InChI is InChI=1S/C12H17N3O3S/c1-14(6-5-13)19(17,18)10-3-4-11-9(7-10)8-12(16)15(11)2/h3-4,7H,5-6,8,13H2,1-2H3. The van der Waals surface area contributed by atoms with Crippen LogP contribution in [-0.2, 0) is 21.2 Å². The molecular formula is C12H17N3O3S. The number of amides is 1. The third-order valence-electron chi connectivity index (χ3n) is 3.28. The molecule has 0 fully saturated rings. The average Bonchev–Trinajstić information content (AvgIpc) is 2.65. The van der Waals surface area contributed by atoms with E-state index >= 15 is 0 Å². The topological polar surface area (TPSA) is 83.7 Å². The van der Waals surface area contributed by atoms with Crippen molar-refractivity contribution in [1.29, 1.82) is 0 Å². The van der Waals surface area contributed by atoms with E-state index in [1.807, 2.05) is 0 Å². The second kappa shape index (κ2) is 4.92. The van der Waals surface area contributed by atoms with Gasteiger partial charge in [0, 0.05) is 32.9 Å². The van der Waals surface area contributed by atoms with Gasteiger partial charge in [0.15, 0.2) is 0 Å². The van der Waals surface area contributed by atoms with Gasteiger partial charge >= 0.3 is 0 Å². The molecule has 0 radical (unpaired) electrons. The summed E-state index contributed by atoms with van der Waals surface area (Å²) in [6.45, 7) is 0.528. The quantitative estimate of drug-likeness (QED) is 0.828. The van der Waals surface area contributed by atoms with E-state index in [9.17, 15) is 13.2 Å². The summed E-state index contributed by atoms with van der Waals surface area (Å²) in [5, 5.41) is 0. The lowest BCUT2D eigenvalue weighted by Gasteiger charge is -2.17. The zero-order valence-electron chi connectivity index (χ0n) is 11.0. The number of benzene rings is 1. The van der Waals surface area contributed by atoms with Crippen LogP contribution in [0.4, 0.5) is 5.69 Å². The maximum Gasteiger partial charge on any atom is 0.242 e. The molecule has 0 saturated carbocycles. The minimum Gasteiger partial charge on any atom is -0.329 e. The van der Waals surface area contributed by atoms with Gasteiger partial charge < -0.3 is 10.6 Å². The number of hydrogen-bond donors (Lipinski definition) is 1. The summed E-state index contributed by atoms with van der Waals surface area (Å²) >= 11 is 0. The van der Waals surface area contributed by atoms with Gasteiger partial charge in [-0.05, 0) is 23.8 Å². The van der Waals surface area contributed by atoms with E-state index in [1.54, 1.807) is 19.2 Å². The second-order valence-corrected chi connectivity index (χ2v) is 6.58. The molecule has 0 atom stereocenters. The lowest BCUT2D eigenvalue weighted by atomic mass is 10.2. The van der Waals surface area contributed by atoms with Crippen LogP contribution >= 0.6 is 0 Å². The first-order valence-electron chi connectivity index (χ1n) is 5.94. The van der Waals surface area contributed by atoms with Crippen LogP contribution in [0.5, 0.6) is 0 Å². The molecule has 2 rings (SSSR count). The maximum absolute atomic E-state index is 12.3. The Morgan fingerprint density at radius 3 is 2.74 bits per heavy atom. The van der Waals surface area contributed by atoms with Crippen molar-refractivity contribution in [2.24, 2.45) is 5.73 Å². The first-order chi connectivity index (χ1) is 8.87. The molecule has 104 valence electrons. The molecule has 6 nitrogen and oxygen atoms in total. The molecule has 1 aliphatic rings. The Hall–Kier alpha value is -1.44. The number of likely N-dealkylation sites (N-methyl/N-ethyl adjacent to an activating group) is 2. The van der Waals surface area contributed by atoms with Gasteiger partial charge in [-0.25, -0.2) is 8.42 Å². The number of fused-ring (bicyclic) bond motifs is 1. The molecule has 0 aliphatic carbocycles. The zero-order valence-corrected chi connectivity index (χ0v) is 11.8. The highest BCUT2D eigenvalue weighted by atomic mass is 32.2. The highest BCUT2D eigenvalue weighted by Crippen LogP contribution is 2.30. The third kappa shape index (κ3) is 2.36. The molecule has 1 amide bonds. The third-order valence-corrected chi connectivity index (χ3v) is 5.13. The summed E-state index contributed by atoms with van der Waals surface area (Å²) in [5.74, 6) is -0.0279. The number of sulfonamides is 1. The van der Waals surface area contributed by atoms with Crippen LogP contribution in [0.1, 0.15) is 5.56 Å². The van der Waals surface area contributed by atoms with E-state index < -0.39 is 10.0 Å². The molecule has 1 aromatic rings. The first kappa shape index (κ1) is 14.0. The minimum atomic E-state index is -3.53. The van der Waals surface area contributed by atoms with Gasteiger partial charge in [0.25, 0.3) is 0 Å². The average molecular weight is 283 g/mol. The van der Waals surface area contributed by atoms with Gasteiger partial charge in [-0.1, -0.05) is 0 Å². The Morgan fingerprint density at radius 1 is 1.42 bits per heavy atom. The predicted molar refractivity (Wildman–Crippen MR) is 72.4 cm³/mol. The normalized spacial score (nSPS) is 15.2. The Kier molecular flexibility index (Phi) is 3.62. The monoisotopic (exact) mass is 283 g/mol. The number of carbonyl (C=O) groups excluding carboxylic acids is 1. The van der Waals surface area contributed by atoms with Crippen LogP contribution in [0.15, 0.2) is 23.1 Å². The van der Waals surface area contributed by atoms with Gasteiger partial charge in [0.1, 0.15) is 0 Å². The van der Waals surface area contributed by atoms with Crippen molar-refractivity contribution in [2.75, 3.05) is 32.1 Å². The zero-order chi connectivity index (χ0) is 14.2. The van der Waals surface area contributed by atoms with E-state index in [1.165, 1.54) is 22.3 Å².